The lowest BCUT2D eigenvalue weighted by molar-refractivity contribution is 0.171. The van der Waals surface area contributed by atoms with Crippen molar-refractivity contribution in [3.05, 3.63) is 81.0 Å². The standard InChI is InChI=1S/C9H11O4P.C4H9O4P.C3H7O4P.C2H4/c1-2-3-8-4-6-9(7-5-8)13-14(10,11)12;1-3-4(2)8-9(5,6)7;1-2-3-7-8(4,5)6;1-2/h2,4-7H,1,3H2,(H2,10,11,12);3-4H,1H2,2H3,(H2,5,6,7);2H,1,3H2,(H2,4,5,6);1-2H2. The third-order valence-electron chi connectivity index (χ3n) is 2.52. The summed E-state index contributed by atoms with van der Waals surface area (Å²) >= 11 is 0. The summed E-state index contributed by atoms with van der Waals surface area (Å²) in [5.74, 6) is 0.158. The van der Waals surface area contributed by atoms with Crippen LogP contribution in [0, 0.1) is 0 Å². The van der Waals surface area contributed by atoms with E-state index in [9.17, 15) is 13.7 Å². The highest BCUT2D eigenvalue weighted by atomic mass is 31.2. The molecule has 1 aromatic carbocycles. The largest absolute Gasteiger partial charge is 0.524 e. The van der Waals surface area contributed by atoms with Crippen LogP contribution in [0.3, 0.4) is 0 Å². The Morgan fingerprint density at radius 2 is 1.33 bits per heavy atom. The van der Waals surface area contributed by atoms with Crippen LogP contribution in [0.5, 0.6) is 5.75 Å². The summed E-state index contributed by atoms with van der Waals surface area (Å²) in [6.45, 7) is 17.4. The molecule has 0 spiro atoms. The normalized spacial score (nSPS) is 11.6. The van der Waals surface area contributed by atoms with Gasteiger partial charge < -0.3 is 24.1 Å². The fourth-order valence-corrected chi connectivity index (χ4v) is 2.61. The molecule has 0 saturated carbocycles. The highest BCUT2D eigenvalue weighted by Crippen LogP contribution is 2.38. The number of phosphoric acid groups is 3. The maximum atomic E-state index is 10.5. The number of hydrogen-bond donors (Lipinski definition) is 6. The molecule has 0 amide bonds. The van der Waals surface area contributed by atoms with Crippen LogP contribution in [0.2, 0.25) is 0 Å². The maximum Gasteiger partial charge on any atom is 0.524 e. The Balaban J connectivity index is -0.000000415. The monoisotopic (exact) mass is 532 g/mol. The Morgan fingerprint density at radius 1 is 0.848 bits per heavy atom. The van der Waals surface area contributed by atoms with Crippen molar-refractivity contribution in [1.82, 2.24) is 0 Å². The van der Waals surface area contributed by atoms with E-state index in [1.54, 1.807) is 18.2 Å². The van der Waals surface area contributed by atoms with E-state index in [-0.39, 0.29) is 12.4 Å². The van der Waals surface area contributed by atoms with E-state index >= 15 is 0 Å². The van der Waals surface area contributed by atoms with Crippen molar-refractivity contribution in [1.29, 1.82) is 0 Å². The van der Waals surface area contributed by atoms with Crippen molar-refractivity contribution in [3.63, 3.8) is 0 Å². The first-order valence-corrected chi connectivity index (χ1v) is 13.2. The number of hydrogen-bond acceptors (Lipinski definition) is 6. The van der Waals surface area contributed by atoms with E-state index in [0.29, 0.717) is 0 Å². The van der Waals surface area contributed by atoms with Crippen LogP contribution in [0.1, 0.15) is 12.5 Å². The smallest absolute Gasteiger partial charge is 0.404 e. The number of allylic oxidation sites excluding steroid dienone is 1. The Bertz CT molecular complexity index is 823. The summed E-state index contributed by atoms with van der Waals surface area (Å²) in [5, 5.41) is 0. The average molecular weight is 532 g/mol. The van der Waals surface area contributed by atoms with E-state index < -0.39 is 29.6 Å². The second kappa shape index (κ2) is 18.7. The summed E-state index contributed by atoms with van der Waals surface area (Å²) in [7, 11) is -13.0. The summed E-state index contributed by atoms with van der Waals surface area (Å²) in [6.07, 6.45) is 4.43. The van der Waals surface area contributed by atoms with Crippen LogP contribution in [-0.4, -0.2) is 42.1 Å². The van der Waals surface area contributed by atoms with Crippen LogP contribution in [0.4, 0.5) is 0 Å². The molecular weight excluding hydrogens is 501 g/mol. The Labute approximate surface area is 193 Å². The molecule has 1 unspecified atom stereocenters. The fraction of sp³-hybridized carbons (Fsp3) is 0.222. The molecule has 1 atom stereocenters. The third kappa shape index (κ3) is 30.4. The van der Waals surface area contributed by atoms with E-state index in [2.05, 4.69) is 46.5 Å². The van der Waals surface area contributed by atoms with E-state index in [1.807, 2.05) is 0 Å². The molecule has 1 rings (SSSR count). The highest BCUT2D eigenvalue weighted by Gasteiger charge is 2.16. The molecule has 1 aromatic rings. The second-order valence-electron chi connectivity index (χ2n) is 5.33. The van der Waals surface area contributed by atoms with Gasteiger partial charge in [0.25, 0.3) is 0 Å². The minimum Gasteiger partial charge on any atom is -0.404 e. The summed E-state index contributed by atoms with van der Waals surface area (Å²) in [4.78, 5) is 49.3. The van der Waals surface area contributed by atoms with Gasteiger partial charge in [-0.15, -0.1) is 32.9 Å². The first-order chi connectivity index (χ1) is 15.0. The van der Waals surface area contributed by atoms with Gasteiger partial charge in [0.2, 0.25) is 0 Å². The van der Waals surface area contributed by atoms with Gasteiger partial charge in [0.15, 0.2) is 0 Å². The van der Waals surface area contributed by atoms with E-state index in [1.165, 1.54) is 31.2 Å². The zero-order chi connectivity index (χ0) is 26.7. The minimum absolute atomic E-state index is 0.121. The molecule has 6 N–H and O–H groups in total. The number of benzene rings is 1. The lowest BCUT2D eigenvalue weighted by Gasteiger charge is -2.07. The molecule has 15 heteroatoms. The summed E-state index contributed by atoms with van der Waals surface area (Å²) < 4.78 is 42.7. The van der Waals surface area contributed by atoms with Crippen molar-refractivity contribution >= 4 is 23.5 Å². The molecule has 0 heterocycles. The molecule has 0 bridgehead atoms. The topological polar surface area (TPSA) is 200 Å². The molecule has 0 aliphatic carbocycles. The van der Waals surface area contributed by atoms with Crippen LogP contribution in [0.25, 0.3) is 0 Å². The predicted octanol–water partition coefficient (Wildman–Crippen LogP) is 3.64. The molecule has 0 aromatic heterocycles. The minimum atomic E-state index is -4.44. The molecule has 33 heavy (non-hydrogen) atoms. The first-order valence-electron chi connectivity index (χ1n) is 8.65. The fourth-order valence-electron chi connectivity index (χ4n) is 1.40. The van der Waals surface area contributed by atoms with Gasteiger partial charge in [-0.2, -0.15) is 0 Å². The van der Waals surface area contributed by atoms with Crippen molar-refractivity contribution in [2.24, 2.45) is 0 Å². The van der Waals surface area contributed by atoms with Crippen LogP contribution < -0.4 is 4.52 Å². The van der Waals surface area contributed by atoms with Gasteiger partial charge in [-0.05, 0) is 31.0 Å². The summed E-state index contributed by atoms with van der Waals surface area (Å²) in [6, 6.07) is 6.48. The lowest BCUT2D eigenvalue weighted by atomic mass is 10.1. The van der Waals surface area contributed by atoms with Crippen molar-refractivity contribution in [3.8, 4) is 5.75 Å². The molecule has 0 aliphatic heterocycles. The average Bonchev–Trinajstić information content (AvgIpc) is 2.68. The zero-order valence-corrected chi connectivity index (χ0v) is 20.7. The van der Waals surface area contributed by atoms with Gasteiger partial charge >= 0.3 is 23.5 Å². The molecule has 0 fully saturated rings. The first kappa shape index (κ1) is 35.9. The van der Waals surface area contributed by atoms with Gasteiger partial charge in [-0.1, -0.05) is 30.4 Å². The van der Waals surface area contributed by atoms with Gasteiger partial charge in [0.1, 0.15) is 5.75 Å². The Hall–Kier alpha value is -1.65. The summed E-state index contributed by atoms with van der Waals surface area (Å²) in [5.41, 5.74) is 1.01. The Morgan fingerprint density at radius 3 is 1.58 bits per heavy atom. The van der Waals surface area contributed by atoms with Gasteiger partial charge in [0.05, 0.1) is 12.7 Å². The van der Waals surface area contributed by atoms with Crippen molar-refractivity contribution in [2.45, 2.75) is 19.4 Å². The van der Waals surface area contributed by atoms with Gasteiger partial charge in [-0.3, -0.25) is 18.8 Å². The maximum absolute atomic E-state index is 10.5. The predicted molar refractivity (Wildman–Crippen MR) is 125 cm³/mol. The highest BCUT2D eigenvalue weighted by molar-refractivity contribution is 7.47. The zero-order valence-electron chi connectivity index (χ0n) is 18.0. The Kier molecular flexibility index (Phi) is 20.4. The SMILES string of the molecule is C=C.C=CC(C)OP(=O)(O)O.C=CCOP(=O)(O)O.C=CCc1ccc(OP(=O)(O)O)cc1. The molecular formula is C18H31O12P3. The lowest BCUT2D eigenvalue weighted by Crippen LogP contribution is -2.00. The van der Waals surface area contributed by atoms with Crippen LogP contribution in [0.15, 0.2) is 75.4 Å². The quantitative estimate of drug-likeness (QED) is 0.189. The van der Waals surface area contributed by atoms with E-state index in [0.717, 1.165) is 12.0 Å². The van der Waals surface area contributed by atoms with E-state index in [4.69, 9.17) is 29.4 Å². The molecule has 0 saturated heterocycles. The van der Waals surface area contributed by atoms with Crippen LogP contribution >= 0.6 is 23.5 Å². The third-order valence-corrected chi connectivity index (χ3v) is 4.07. The van der Waals surface area contributed by atoms with Gasteiger partial charge in [0, 0.05) is 0 Å². The van der Waals surface area contributed by atoms with Crippen molar-refractivity contribution in [2.75, 3.05) is 6.61 Å². The second-order valence-corrected chi connectivity index (χ2v) is 8.93. The van der Waals surface area contributed by atoms with Crippen LogP contribution in [-0.2, 0) is 29.2 Å². The van der Waals surface area contributed by atoms with Crippen molar-refractivity contribution < 1.29 is 56.6 Å². The number of rotatable bonds is 10. The molecule has 12 nitrogen and oxygen atoms in total. The number of phosphoric ester groups is 3. The molecule has 0 aliphatic rings. The molecule has 0 radical (unpaired) electrons. The molecule has 190 valence electrons. The van der Waals surface area contributed by atoms with Gasteiger partial charge in [-0.25, -0.2) is 13.7 Å².